The van der Waals surface area contributed by atoms with Crippen molar-refractivity contribution in [3.63, 3.8) is 0 Å². The quantitative estimate of drug-likeness (QED) is 0.517. The minimum absolute atomic E-state index is 0.257. The molecule has 1 aromatic heterocycles. The van der Waals surface area contributed by atoms with Crippen LogP contribution in [0.5, 0.6) is 0 Å². The number of thiol groups is 1. The van der Waals surface area contributed by atoms with E-state index < -0.39 is 0 Å². The van der Waals surface area contributed by atoms with Crippen molar-refractivity contribution in [3.05, 3.63) is 67.8 Å². The minimum Gasteiger partial charge on any atom is -0.462 e. The average Bonchev–Trinajstić information content (AvgIpc) is 3.02. The van der Waals surface area contributed by atoms with Gasteiger partial charge in [0.1, 0.15) is 4.88 Å². The molecule has 0 unspecified atom stereocenters. The second-order valence-electron chi connectivity index (χ2n) is 5.62. The smallest absolute Gasteiger partial charge is 0.348 e. The minimum atomic E-state index is -0.257. The van der Waals surface area contributed by atoms with Crippen LogP contribution in [-0.4, -0.2) is 12.6 Å². The zero-order valence-electron chi connectivity index (χ0n) is 14.2. The first-order valence-corrected chi connectivity index (χ1v) is 9.15. The highest BCUT2D eigenvalue weighted by Crippen LogP contribution is 2.21. The standard InChI is InChI=1S/C20H22O2S2/c1-4-22-20(21)19-11-10-17(24-19)9-8-15-6-5-7-16(12-15)13-18(23)14(2)3/h5-12,23H,4,13H2,1-3H3. The Hall–Kier alpha value is -1.78. The number of carbonyl (C=O) groups is 1. The van der Waals surface area contributed by atoms with Crippen molar-refractivity contribution in [2.24, 2.45) is 0 Å². The van der Waals surface area contributed by atoms with Gasteiger partial charge in [-0.3, -0.25) is 0 Å². The van der Waals surface area contributed by atoms with Crippen LogP contribution >= 0.6 is 24.0 Å². The van der Waals surface area contributed by atoms with E-state index in [1.807, 2.05) is 19.1 Å². The molecule has 0 aliphatic heterocycles. The molecule has 2 nitrogen and oxygen atoms in total. The Bertz CT molecular complexity index is 765. The molecule has 0 aliphatic carbocycles. The highest BCUT2D eigenvalue weighted by atomic mass is 32.1. The number of thiophene rings is 1. The van der Waals surface area contributed by atoms with Crippen LogP contribution in [0.15, 0.2) is 46.9 Å². The molecule has 24 heavy (non-hydrogen) atoms. The van der Waals surface area contributed by atoms with Crippen LogP contribution in [0, 0.1) is 0 Å². The van der Waals surface area contributed by atoms with Crippen LogP contribution in [0.2, 0.25) is 0 Å². The Morgan fingerprint density at radius 1 is 1.21 bits per heavy atom. The van der Waals surface area contributed by atoms with Gasteiger partial charge in [0, 0.05) is 11.3 Å². The van der Waals surface area contributed by atoms with Gasteiger partial charge in [0.2, 0.25) is 0 Å². The summed E-state index contributed by atoms with van der Waals surface area (Å²) in [5.41, 5.74) is 3.61. The average molecular weight is 359 g/mol. The summed E-state index contributed by atoms with van der Waals surface area (Å²) in [4.78, 5) is 14.5. The highest BCUT2D eigenvalue weighted by molar-refractivity contribution is 7.84. The first-order valence-electron chi connectivity index (χ1n) is 7.89. The Morgan fingerprint density at radius 3 is 2.71 bits per heavy atom. The molecular formula is C20H22O2S2. The van der Waals surface area contributed by atoms with Crippen LogP contribution in [-0.2, 0) is 11.2 Å². The number of hydrogen-bond donors (Lipinski definition) is 1. The molecule has 0 radical (unpaired) electrons. The van der Waals surface area contributed by atoms with Gasteiger partial charge < -0.3 is 4.74 Å². The largest absolute Gasteiger partial charge is 0.462 e. The Labute approximate surface area is 153 Å². The van der Waals surface area contributed by atoms with Crippen LogP contribution < -0.4 is 0 Å². The Balaban J connectivity index is 2.09. The number of allylic oxidation sites excluding steroid dienone is 2. The Morgan fingerprint density at radius 2 is 2.00 bits per heavy atom. The van der Waals surface area contributed by atoms with Gasteiger partial charge in [0.15, 0.2) is 0 Å². The van der Waals surface area contributed by atoms with Crippen LogP contribution in [0.25, 0.3) is 12.2 Å². The van der Waals surface area contributed by atoms with Gasteiger partial charge in [0.05, 0.1) is 6.61 Å². The zero-order chi connectivity index (χ0) is 17.5. The van der Waals surface area contributed by atoms with E-state index in [2.05, 4.69) is 56.8 Å². The van der Waals surface area contributed by atoms with Gasteiger partial charge >= 0.3 is 5.97 Å². The van der Waals surface area contributed by atoms with Crippen molar-refractivity contribution in [2.75, 3.05) is 6.61 Å². The van der Waals surface area contributed by atoms with E-state index in [1.165, 1.54) is 22.5 Å². The van der Waals surface area contributed by atoms with E-state index in [9.17, 15) is 4.79 Å². The SMILES string of the molecule is CCOC(=O)c1ccc(C=Cc2cccc(CC(S)=C(C)C)c2)s1. The van der Waals surface area contributed by atoms with Crippen molar-refractivity contribution in [3.8, 4) is 0 Å². The highest BCUT2D eigenvalue weighted by Gasteiger charge is 2.08. The summed E-state index contributed by atoms with van der Waals surface area (Å²) in [5, 5.41) is 0. The fraction of sp³-hybridized carbons (Fsp3) is 0.250. The van der Waals surface area contributed by atoms with E-state index >= 15 is 0 Å². The third kappa shape index (κ3) is 5.39. The predicted octanol–water partition coefficient (Wildman–Crippen LogP) is 5.86. The van der Waals surface area contributed by atoms with E-state index in [0.29, 0.717) is 11.5 Å². The lowest BCUT2D eigenvalue weighted by Crippen LogP contribution is -2.01. The summed E-state index contributed by atoms with van der Waals surface area (Å²) in [7, 11) is 0. The second-order valence-corrected chi connectivity index (χ2v) is 7.28. The number of carbonyl (C=O) groups excluding carboxylic acids is 1. The van der Waals surface area contributed by atoms with Gasteiger partial charge in [-0.25, -0.2) is 4.79 Å². The summed E-state index contributed by atoms with van der Waals surface area (Å²) in [6.07, 6.45) is 4.93. The monoisotopic (exact) mass is 358 g/mol. The molecule has 0 spiro atoms. The van der Waals surface area contributed by atoms with Gasteiger partial charge in [-0.2, -0.15) is 0 Å². The lowest BCUT2D eigenvalue weighted by atomic mass is 10.1. The van der Waals surface area contributed by atoms with Crippen molar-refractivity contribution in [2.45, 2.75) is 27.2 Å². The lowest BCUT2D eigenvalue weighted by Gasteiger charge is -2.04. The van der Waals surface area contributed by atoms with Crippen molar-refractivity contribution in [1.82, 2.24) is 0 Å². The molecule has 0 bridgehead atoms. The molecule has 0 atom stereocenters. The molecule has 1 aromatic carbocycles. The molecular weight excluding hydrogens is 336 g/mol. The lowest BCUT2D eigenvalue weighted by molar-refractivity contribution is 0.0532. The molecule has 0 N–H and O–H groups in total. The molecule has 0 saturated heterocycles. The molecule has 0 aliphatic rings. The molecule has 0 fully saturated rings. The van der Waals surface area contributed by atoms with Crippen molar-refractivity contribution in [1.29, 1.82) is 0 Å². The molecule has 0 saturated carbocycles. The van der Waals surface area contributed by atoms with Gasteiger partial charge in [-0.15, -0.1) is 24.0 Å². The van der Waals surface area contributed by atoms with Crippen LogP contribution in [0.4, 0.5) is 0 Å². The maximum Gasteiger partial charge on any atom is 0.348 e. The van der Waals surface area contributed by atoms with Gasteiger partial charge in [-0.05, 0) is 55.0 Å². The topological polar surface area (TPSA) is 26.3 Å². The summed E-state index contributed by atoms with van der Waals surface area (Å²) in [5.74, 6) is -0.257. The molecule has 1 heterocycles. The van der Waals surface area contributed by atoms with Crippen LogP contribution in [0.3, 0.4) is 0 Å². The number of benzene rings is 1. The molecule has 2 aromatic rings. The molecule has 4 heteroatoms. The maximum atomic E-state index is 11.7. The number of hydrogen-bond acceptors (Lipinski definition) is 4. The normalized spacial score (nSPS) is 10.8. The third-order valence-electron chi connectivity index (χ3n) is 3.44. The van der Waals surface area contributed by atoms with Gasteiger partial charge in [0.25, 0.3) is 0 Å². The fourth-order valence-corrected chi connectivity index (χ4v) is 3.10. The van der Waals surface area contributed by atoms with Crippen molar-refractivity contribution < 1.29 is 9.53 Å². The second kappa shape index (κ2) is 8.90. The van der Waals surface area contributed by atoms with Crippen molar-refractivity contribution >= 4 is 42.1 Å². The summed E-state index contributed by atoms with van der Waals surface area (Å²) >= 11 is 5.98. The van der Waals surface area contributed by atoms with E-state index in [0.717, 1.165) is 21.8 Å². The third-order valence-corrected chi connectivity index (χ3v) is 5.08. The number of ether oxygens (including phenoxy) is 1. The van der Waals surface area contributed by atoms with Gasteiger partial charge in [-0.1, -0.05) is 35.9 Å². The molecule has 2 rings (SSSR count). The van der Waals surface area contributed by atoms with E-state index in [-0.39, 0.29) is 5.97 Å². The first-order chi connectivity index (χ1) is 11.5. The predicted molar refractivity (Wildman–Crippen MR) is 107 cm³/mol. The van der Waals surface area contributed by atoms with E-state index in [1.54, 1.807) is 6.07 Å². The first kappa shape index (κ1) is 18.6. The number of esters is 1. The zero-order valence-corrected chi connectivity index (χ0v) is 15.9. The summed E-state index contributed by atoms with van der Waals surface area (Å²) < 4.78 is 5.01. The van der Waals surface area contributed by atoms with Crippen LogP contribution in [0.1, 0.15) is 46.4 Å². The number of rotatable bonds is 6. The summed E-state index contributed by atoms with van der Waals surface area (Å²) in [6.45, 7) is 6.35. The molecule has 0 amide bonds. The Kier molecular flexibility index (Phi) is 6.88. The fourth-order valence-electron chi connectivity index (χ4n) is 2.11. The summed E-state index contributed by atoms with van der Waals surface area (Å²) in [6, 6.07) is 12.1. The van der Waals surface area contributed by atoms with E-state index in [4.69, 9.17) is 4.74 Å². The molecule has 126 valence electrons. The maximum absolute atomic E-state index is 11.7.